The molecule has 24 heavy (non-hydrogen) atoms. The van der Waals surface area contributed by atoms with Gasteiger partial charge < -0.3 is 11.5 Å². The van der Waals surface area contributed by atoms with Crippen molar-refractivity contribution in [3.63, 3.8) is 0 Å². The Bertz CT molecular complexity index is 934. The van der Waals surface area contributed by atoms with Crippen LogP contribution in [0.1, 0.15) is 26.2 Å². The van der Waals surface area contributed by atoms with Crippen LogP contribution in [-0.4, -0.2) is 24.9 Å². The monoisotopic (exact) mass is 367 g/mol. The first-order chi connectivity index (χ1) is 11.2. The van der Waals surface area contributed by atoms with Crippen LogP contribution in [0.2, 0.25) is 5.02 Å². The lowest BCUT2D eigenvalue weighted by Crippen LogP contribution is -2.50. The summed E-state index contributed by atoms with van der Waals surface area (Å²) in [6.07, 6.45) is 4.09. The maximum absolute atomic E-state index is 12.7. The Balaban J connectivity index is 2.12. The standard InChI is InChI=1S/C15H18ClN5O2S/c1-15(5-2-6-15)21-24(22,23)9-3-4-10-11(7-9)13(20-14(17)18)19-8-12(10)16/h3-4,7-8,21H,2,5-6H2,1H3,(H4,17,18,19,20). The highest BCUT2D eigenvalue weighted by Gasteiger charge is 2.36. The van der Waals surface area contributed by atoms with E-state index >= 15 is 0 Å². The Morgan fingerprint density at radius 1 is 1.33 bits per heavy atom. The number of aromatic nitrogens is 1. The van der Waals surface area contributed by atoms with Crippen LogP contribution < -0.4 is 16.2 Å². The zero-order chi connectivity index (χ0) is 17.5. The van der Waals surface area contributed by atoms with Gasteiger partial charge in [0, 0.05) is 22.5 Å². The van der Waals surface area contributed by atoms with E-state index in [1.807, 2.05) is 6.92 Å². The van der Waals surface area contributed by atoms with Crippen molar-refractivity contribution in [3.05, 3.63) is 29.4 Å². The lowest BCUT2D eigenvalue weighted by atomic mass is 9.80. The van der Waals surface area contributed by atoms with Crippen LogP contribution >= 0.6 is 11.6 Å². The number of nitrogens with one attached hydrogen (secondary N) is 1. The molecule has 0 radical (unpaired) electrons. The summed E-state index contributed by atoms with van der Waals surface area (Å²) >= 11 is 6.13. The van der Waals surface area contributed by atoms with Crippen molar-refractivity contribution in [1.82, 2.24) is 9.71 Å². The number of aliphatic imine (C=N–C) groups is 1. The molecule has 1 aromatic heterocycles. The summed E-state index contributed by atoms with van der Waals surface area (Å²) in [5, 5.41) is 1.49. The summed E-state index contributed by atoms with van der Waals surface area (Å²) in [7, 11) is -3.66. The fourth-order valence-corrected chi connectivity index (χ4v) is 4.45. The summed E-state index contributed by atoms with van der Waals surface area (Å²) in [6, 6.07) is 4.63. The third-order valence-corrected chi connectivity index (χ3v) is 6.11. The lowest BCUT2D eigenvalue weighted by Gasteiger charge is -2.38. The third kappa shape index (κ3) is 3.17. The van der Waals surface area contributed by atoms with Crippen molar-refractivity contribution in [2.24, 2.45) is 16.5 Å². The quantitative estimate of drug-likeness (QED) is 0.563. The summed E-state index contributed by atoms with van der Waals surface area (Å²) < 4.78 is 28.1. The lowest BCUT2D eigenvalue weighted by molar-refractivity contribution is 0.248. The van der Waals surface area contributed by atoms with E-state index in [-0.39, 0.29) is 22.2 Å². The number of hydrogen-bond acceptors (Lipinski definition) is 4. The Morgan fingerprint density at radius 2 is 2.04 bits per heavy atom. The van der Waals surface area contributed by atoms with Crippen molar-refractivity contribution < 1.29 is 8.42 Å². The molecule has 2 aromatic rings. The van der Waals surface area contributed by atoms with Gasteiger partial charge in [0.15, 0.2) is 11.8 Å². The molecule has 9 heteroatoms. The van der Waals surface area contributed by atoms with E-state index in [0.717, 1.165) is 19.3 Å². The van der Waals surface area contributed by atoms with Crippen LogP contribution in [0.3, 0.4) is 0 Å². The summed E-state index contributed by atoms with van der Waals surface area (Å²) in [5.74, 6) is 0.0563. The Morgan fingerprint density at radius 3 is 2.62 bits per heavy atom. The van der Waals surface area contributed by atoms with E-state index in [1.54, 1.807) is 6.07 Å². The molecule has 0 amide bonds. The molecule has 7 nitrogen and oxygen atoms in total. The highest BCUT2D eigenvalue weighted by atomic mass is 35.5. The highest BCUT2D eigenvalue weighted by Crippen LogP contribution is 2.34. The van der Waals surface area contributed by atoms with Gasteiger partial charge in [-0.05, 0) is 38.3 Å². The first-order valence-corrected chi connectivity index (χ1v) is 9.28. The number of rotatable bonds is 4. The minimum atomic E-state index is -3.66. The van der Waals surface area contributed by atoms with E-state index in [0.29, 0.717) is 15.8 Å². The molecule has 5 N–H and O–H groups in total. The van der Waals surface area contributed by atoms with Gasteiger partial charge in [-0.25, -0.2) is 18.1 Å². The predicted octanol–water partition coefficient (Wildman–Crippen LogP) is 2.01. The predicted molar refractivity (Wildman–Crippen MR) is 94.8 cm³/mol. The molecule has 1 fully saturated rings. The number of benzene rings is 1. The second-order valence-corrected chi connectivity index (χ2v) is 8.28. The zero-order valence-electron chi connectivity index (χ0n) is 13.1. The number of nitrogens with two attached hydrogens (primary N) is 2. The van der Waals surface area contributed by atoms with Gasteiger partial charge in [-0.15, -0.1) is 0 Å². The smallest absolute Gasteiger partial charge is 0.241 e. The van der Waals surface area contributed by atoms with Gasteiger partial charge >= 0.3 is 0 Å². The molecule has 1 saturated carbocycles. The van der Waals surface area contributed by atoms with Crippen LogP contribution in [-0.2, 0) is 10.0 Å². The average molecular weight is 368 g/mol. The number of sulfonamides is 1. The molecular weight excluding hydrogens is 350 g/mol. The molecule has 0 atom stereocenters. The SMILES string of the molecule is CC1(NS(=O)(=O)c2ccc3c(Cl)cnc(N=C(N)N)c3c2)CCC1. The molecule has 128 valence electrons. The Hall–Kier alpha value is -1.90. The second-order valence-electron chi connectivity index (χ2n) is 6.19. The average Bonchev–Trinajstić information content (AvgIpc) is 2.47. The van der Waals surface area contributed by atoms with Crippen molar-refractivity contribution >= 4 is 44.2 Å². The molecule has 0 unspecified atom stereocenters. The van der Waals surface area contributed by atoms with Crippen LogP contribution in [0.15, 0.2) is 34.3 Å². The van der Waals surface area contributed by atoms with E-state index in [1.165, 1.54) is 18.3 Å². The molecule has 0 spiro atoms. The highest BCUT2D eigenvalue weighted by molar-refractivity contribution is 7.89. The number of guanidine groups is 1. The van der Waals surface area contributed by atoms with Gasteiger partial charge in [-0.1, -0.05) is 17.7 Å². The number of fused-ring (bicyclic) bond motifs is 1. The van der Waals surface area contributed by atoms with Crippen LogP contribution in [0.25, 0.3) is 10.8 Å². The molecule has 1 heterocycles. The third-order valence-electron chi connectivity index (χ3n) is 4.17. The summed E-state index contributed by atoms with van der Waals surface area (Å²) in [4.78, 5) is 8.14. The first-order valence-electron chi connectivity index (χ1n) is 7.42. The maximum atomic E-state index is 12.7. The van der Waals surface area contributed by atoms with Crippen molar-refractivity contribution in [2.75, 3.05) is 0 Å². The molecule has 0 saturated heterocycles. The molecule has 0 bridgehead atoms. The fraction of sp³-hybridized carbons (Fsp3) is 0.333. The van der Waals surface area contributed by atoms with Gasteiger partial charge in [0.25, 0.3) is 0 Å². The zero-order valence-corrected chi connectivity index (χ0v) is 14.7. The Labute approximate surface area is 145 Å². The first kappa shape index (κ1) is 16.9. The maximum Gasteiger partial charge on any atom is 0.241 e. The van der Waals surface area contributed by atoms with Crippen molar-refractivity contribution in [2.45, 2.75) is 36.6 Å². The van der Waals surface area contributed by atoms with Crippen LogP contribution in [0.4, 0.5) is 5.82 Å². The fourth-order valence-electron chi connectivity index (χ4n) is 2.74. The molecule has 1 aliphatic rings. The van der Waals surface area contributed by atoms with Crippen molar-refractivity contribution in [3.8, 4) is 0 Å². The van der Waals surface area contributed by atoms with Gasteiger partial charge in [0.1, 0.15) is 0 Å². The number of pyridine rings is 1. The largest absolute Gasteiger partial charge is 0.370 e. The minimum Gasteiger partial charge on any atom is -0.370 e. The summed E-state index contributed by atoms with van der Waals surface area (Å²) in [6.45, 7) is 1.90. The molecule has 1 aromatic carbocycles. The van der Waals surface area contributed by atoms with Gasteiger partial charge in [0.05, 0.1) is 9.92 Å². The van der Waals surface area contributed by atoms with Gasteiger partial charge in [-0.3, -0.25) is 0 Å². The van der Waals surface area contributed by atoms with Crippen LogP contribution in [0.5, 0.6) is 0 Å². The van der Waals surface area contributed by atoms with Crippen LogP contribution in [0, 0.1) is 0 Å². The number of halogens is 1. The molecular formula is C15H18ClN5O2S. The van der Waals surface area contributed by atoms with E-state index in [4.69, 9.17) is 23.1 Å². The molecule has 1 aliphatic carbocycles. The van der Waals surface area contributed by atoms with E-state index in [9.17, 15) is 8.42 Å². The van der Waals surface area contributed by atoms with Crippen molar-refractivity contribution in [1.29, 1.82) is 0 Å². The van der Waals surface area contributed by atoms with E-state index < -0.39 is 10.0 Å². The summed E-state index contributed by atoms with van der Waals surface area (Å²) in [5.41, 5.74) is 10.4. The Kier molecular flexibility index (Phi) is 4.15. The minimum absolute atomic E-state index is 0.124. The molecule has 3 rings (SSSR count). The van der Waals surface area contributed by atoms with Gasteiger partial charge in [0.2, 0.25) is 10.0 Å². The topological polar surface area (TPSA) is 123 Å². The van der Waals surface area contributed by atoms with Gasteiger partial charge in [-0.2, -0.15) is 4.99 Å². The number of nitrogens with zero attached hydrogens (tertiary/aromatic N) is 2. The number of hydrogen-bond donors (Lipinski definition) is 3. The molecule has 0 aliphatic heterocycles. The second kappa shape index (κ2) is 5.87. The normalized spacial score (nSPS) is 16.6. The van der Waals surface area contributed by atoms with E-state index in [2.05, 4.69) is 14.7 Å².